The van der Waals surface area contributed by atoms with E-state index in [-0.39, 0.29) is 13.2 Å². The number of hydrogen-bond acceptors (Lipinski definition) is 6. The molecular formula is C11H22FNO5. The molecule has 0 spiro atoms. The quantitative estimate of drug-likeness (QED) is 0.416. The Hall–Kier alpha value is -0.760. The van der Waals surface area contributed by atoms with E-state index < -0.39 is 18.2 Å². The van der Waals surface area contributed by atoms with Crippen LogP contribution in [0.5, 0.6) is 0 Å². The Labute approximate surface area is 107 Å². The smallest absolute Gasteiger partial charge is 0.331 e. The summed E-state index contributed by atoms with van der Waals surface area (Å²) in [4.78, 5) is 10.7. The molecule has 0 amide bonds. The molecule has 0 aliphatic heterocycles. The Balaban J connectivity index is 3.23. The van der Waals surface area contributed by atoms with Crippen LogP contribution in [0, 0.1) is 0 Å². The van der Waals surface area contributed by atoms with Gasteiger partial charge < -0.3 is 24.7 Å². The van der Waals surface area contributed by atoms with Crippen LogP contribution in [0.1, 0.15) is 6.92 Å². The highest BCUT2D eigenvalue weighted by Gasteiger charge is 2.14. The minimum atomic E-state index is -1.16. The number of carbonyl (C=O) groups is 1. The van der Waals surface area contributed by atoms with Crippen molar-refractivity contribution >= 4 is 5.97 Å². The van der Waals surface area contributed by atoms with E-state index in [1.54, 1.807) is 6.92 Å². The fraction of sp³-hybridized carbons (Fsp3) is 0.909. The second-order valence-electron chi connectivity index (χ2n) is 3.57. The van der Waals surface area contributed by atoms with Crippen LogP contribution >= 0.6 is 0 Å². The number of carbonyl (C=O) groups excluding carboxylic acids is 1. The molecule has 0 saturated heterocycles. The van der Waals surface area contributed by atoms with Crippen molar-refractivity contribution in [3.05, 3.63) is 0 Å². The maximum absolute atomic E-state index is 13.0. The van der Waals surface area contributed by atoms with Crippen molar-refractivity contribution in [3.8, 4) is 0 Å². The van der Waals surface area contributed by atoms with Gasteiger partial charge in [-0.15, -0.1) is 0 Å². The molecule has 18 heavy (non-hydrogen) atoms. The van der Waals surface area contributed by atoms with E-state index in [1.807, 2.05) is 0 Å². The van der Waals surface area contributed by atoms with Gasteiger partial charge in [0.05, 0.1) is 39.6 Å². The lowest BCUT2D eigenvalue weighted by Crippen LogP contribution is -2.30. The largest absolute Gasteiger partial charge is 0.467 e. The van der Waals surface area contributed by atoms with Crippen molar-refractivity contribution in [2.75, 3.05) is 46.7 Å². The SMILES string of the molecule is COC(=O)COCCOCCOC(C)C(F)CN. The maximum Gasteiger partial charge on any atom is 0.331 e. The molecule has 0 fully saturated rings. The first-order valence-corrected chi connectivity index (χ1v) is 5.79. The van der Waals surface area contributed by atoms with Crippen LogP contribution < -0.4 is 5.73 Å². The van der Waals surface area contributed by atoms with Crippen molar-refractivity contribution in [3.63, 3.8) is 0 Å². The minimum Gasteiger partial charge on any atom is -0.467 e. The summed E-state index contributed by atoms with van der Waals surface area (Å²) >= 11 is 0. The Kier molecular flexibility index (Phi) is 10.9. The van der Waals surface area contributed by atoms with Gasteiger partial charge in [0.1, 0.15) is 12.8 Å². The molecule has 0 radical (unpaired) electrons. The molecule has 0 rings (SSSR count). The van der Waals surface area contributed by atoms with Crippen LogP contribution in [-0.2, 0) is 23.7 Å². The van der Waals surface area contributed by atoms with Gasteiger partial charge in [-0.2, -0.15) is 0 Å². The van der Waals surface area contributed by atoms with Gasteiger partial charge in [0.25, 0.3) is 0 Å². The second kappa shape index (κ2) is 11.3. The Morgan fingerprint density at radius 2 is 1.83 bits per heavy atom. The standard InChI is InChI=1S/C11H22FNO5/c1-9(10(12)7-13)18-6-5-16-3-4-17-8-11(14)15-2/h9-10H,3-8,13H2,1-2H3. The van der Waals surface area contributed by atoms with Crippen molar-refractivity contribution in [1.82, 2.24) is 0 Å². The number of methoxy groups -OCH3 is 1. The lowest BCUT2D eigenvalue weighted by molar-refractivity contribution is -0.146. The first-order valence-electron chi connectivity index (χ1n) is 5.79. The van der Waals surface area contributed by atoms with Gasteiger partial charge in [-0.25, -0.2) is 9.18 Å². The summed E-state index contributed by atoms with van der Waals surface area (Å²) in [5, 5.41) is 0. The highest BCUT2D eigenvalue weighted by Crippen LogP contribution is 2.01. The van der Waals surface area contributed by atoms with Crippen molar-refractivity contribution < 1.29 is 28.1 Å². The molecule has 0 aromatic rings. The van der Waals surface area contributed by atoms with Gasteiger partial charge in [-0.1, -0.05) is 0 Å². The zero-order valence-electron chi connectivity index (χ0n) is 10.9. The number of esters is 1. The molecule has 2 unspecified atom stereocenters. The number of ether oxygens (including phenoxy) is 4. The zero-order chi connectivity index (χ0) is 13.8. The number of alkyl halides is 1. The molecule has 0 aromatic heterocycles. The van der Waals surface area contributed by atoms with Crippen molar-refractivity contribution in [1.29, 1.82) is 0 Å². The summed E-state index contributed by atoms with van der Waals surface area (Å²) in [6.07, 6.45) is -1.69. The van der Waals surface area contributed by atoms with Gasteiger partial charge in [0.15, 0.2) is 0 Å². The molecule has 6 nitrogen and oxygen atoms in total. The van der Waals surface area contributed by atoms with E-state index in [2.05, 4.69) is 4.74 Å². The lowest BCUT2D eigenvalue weighted by atomic mass is 10.2. The average Bonchev–Trinajstić information content (AvgIpc) is 2.39. The molecule has 0 bridgehead atoms. The predicted octanol–water partition coefficient (Wildman–Crippen LogP) is -0.105. The van der Waals surface area contributed by atoms with E-state index in [0.29, 0.717) is 26.4 Å². The molecule has 0 aliphatic carbocycles. The van der Waals surface area contributed by atoms with Crippen molar-refractivity contribution in [2.45, 2.75) is 19.2 Å². The van der Waals surface area contributed by atoms with Gasteiger partial charge >= 0.3 is 5.97 Å². The zero-order valence-corrected chi connectivity index (χ0v) is 10.9. The molecule has 0 heterocycles. The average molecular weight is 267 g/mol. The molecule has 0 aromatic carbocycles. The third-order valence-corrected chi connectivity index (χ3v) is 2.16. The van der Waals surface area contributed by atoms with E-state index in [0.717, 1.165) is 0 Å². The van der Waals surface area contributed by atoms with E-state index in [4.69, 9.17) is 19.9 Å². The normalized spacial score (nSPS) is 14.2. The van der Waals surface area contributed by atoms with Gasteiger partial charge in [-0.05, 0) is 6.92 Å². The second-order valence-corrected chi connectivity index (χ2v) is 3.57. The Morgan fingerprint density at radius 1 is 1.22 bits per heavy atom. The summed E-state index contributed by atoms with van der Waals surface area (Å²) in [6.45, 7) is 2.74. The van der Waals surface area contributed by atoms with Crippen molar-refractivity contribution in [2.24, 2.45) is 5.73 Å². The molecule has 108 valence electrons. The van der Waals surface area contributed by atoms with Gasteiger partial charge in [0, 0.05) is 6.54 Å². The van der Waals surface area contributed by atoms with Gasteiger partial charge in [0.2, 0.25) is 0 Å². The highest BCUT2D eigenvalue weighted by molar-refractivity contribution is 5.70. The third kappa shape index (κ3) is 9.29. The molecule has 0 aliphatic rings. The monoisotopic (exact) mass is 267 g/mol. The van der Waals surface area contributed by atoms with Crippen LogP contribution in [0.3, 0.4) is 0 Å². The molecule has 2 atom stereocenters. The summed E-state index contributed by atoms with van der Waals surface area (Å²) in [7, 11) is 1.29. The summed E-state index contributed by atoms with van der Waals surface area (Å²) in [6, 6.07) is 0. The van der Waals surface area contributed by atoms with E-state index in [9.17, 15) is 9.18 Å². The molecular weight excluding hydrogens is 245 g/mol. The van der Waals surface area contributed by atoms with Crippen LogP contribution in [0.2, 0.25) is 0 Å². The van der Waals surface area contributed by atoms with Crippen LogP contribution in [0.15, 0.2) is 0 Å². The fourth-order valence-electron chi connectivity index (χ4n) is 1.02. The topological polar surface area (TPSA) is 80.0 Å². The highest BCUT2D eigenvalue weighted by atomic mass is 19.1. The Morgan fingerprint density at radius 3 is 2.44 bits per heavy atom. The third-order valence-electron chi connectivity index (χ3n) is 2.16. The molecule has 2 N–H and O–H groups in total. The molecule has 7 heteroatoms. The van der Waals surface area contributed by atoms with E-state index >= 15 is 0 Å². The predicted molar refractivity (Wildman–Crippen MR) is 63.0 cm³/mol. The van der Waals surface area contributed by atoms with Crippen LogP contribution in [0.25, 0.3) is 0 Å². The number of rotatable bonds is 11. The summed E-state index contributed by atoms with van der Waals surface area (Å²) < 4.78 is 32.6. The minimum absolute atomic E-state index is 0.0522. The summed E-state index contributed by atoms with van der Waals surface area (Å²) in [5.74, 6) is -0.428. The first-order chi connectivity index (χ1) is 8.61. The molecule has 0 saturated carbocycles. The number of halogens is 1. The van der Waals surface area contributed by atoms with Crippen LogP contribution in [-0.4, -0.2) is 64.9 Å². The number of nitrogens with two attached hydrogens (primary N) is 1. The Bertz CT molecular complexity index is 218. The fourth-order valence-corrected chi connectivity index (χ4v) is 1.02. The first kappa shape index (κ1) is 17.2. The summed E-state index contributed by atoms with van der Waals surface area (Å²) in [5.41, 5.74) is 5.15. The van der Waals surface area contributed by atoms with Crippen LogP contribution in [0.4, 0.5) is 4.39 Å². The number of hydrogen-bond donors (Lipinski definition) is 1. The maximum atomic E-state index is 13.0. The van der Waals surface area contributed by atoms with E-state index in [1.165, 1.54) is 7.11 Å². The lowest BCUT2D eigenvalue weighted by Gasteiger charge is -2.15. The van der Waals surface area contributed by atoms with Gasteiger partial charge in [-0.3, -0.25) is 0 Å².